The normalized spacial score (nSPS) is 10.8. The van der Waals surface area contributed by atoms with Crippen LogP contribution in [-0.2, 0) is 10.5 Å². The number of fused-ring (bicyclic) bond motifs is 1. The molecule has 0 aliphatic rings. The molecule has 4 aromatic rings. The molecule has 0 aliphatic carbocycles. The van der Waals surface area contributed by atoms with Crippen molar-refractivity contribution in [1.82, 2.24) is 4.98 Å². The Morgan fingerprint density at radius 2 is 1.78 bits per heavy atom. The van der Waals surface area contributed by atoms with E-state index in [2.05, 4.69) is 5.32 Å². The van der Waals surface area contributed by atoms with Crippen LogP contribution in [0.2, 0.25) is 0 Å². The summed E-state index contributed by atoms with van der Waals surface area (Å²) in [6.07, 6.45) is 0. The SMILES string of the molecule is COc1ccc(CSc2ccc(-c3nc4ccc(OC)cc4s3)cc2NC(=O)CCl)cc1. The molecule has 164 valence electrons. The maximum absolute atomic E-state index is 12.0. The average Bonchev–Trinajstić information content (AvgIpc) is 3.26. The Morgan fingerprint density at radius 3 is 2.50 bits per heavy atom. The predicted octanol–water partition coefficient (Wildman–Crippen LogP) is 6.45. The van der Waals surface area contributed by atoms with Gasteiger partial charge in [-0.1, -0.05) is 18.2 Å². The summed E-state index contributed by atoms with van der Waals surface area (Å²) in [5.74, 6) is 2.03. The summed E-state index contributed by atoms with van der Waals surface area (Å²) >= 11 is 8.97. The van der Waals surface area contributed by atoms with Crippen molar-refractivity contribution in [3.8, 4) is 22.1 Å². The van der Waals surface area contributed by atoms with Crippen LogP contribution >= 0.6 is 34.7 Å². The number of hydrogen-bond acceptors (Lipinski definition) is 6. The highest BCUT2D eigenvalue weighted by molar-refractivity contribution is 7.98. The van der Waals surface area contributed by atoms with Gasteiger partial charge in [0.15, 0.2) is 0 Å². The number of amides is 1. The summed E-state index contributed by atoms with van der Waals surface area (Å²) in [4.78, 5) is 17.8. The molecule has 4 rings (SSSR count). The highest BCUT2D eigenvalue weighted by atomic mass is 35.5. The standard InChI is InChI=1S/C24H21ClN2O3S2/c1-29-17-6-3-15(4-7-17)14-31-21-10-5-16(11-20(21)26-23(28)13-25)24-27-19-9-8-18(30-2)12-22(19)32-24/h3-12H,13-14H2,1-2H3,(H,26,28). The van der Waals surface area contributed by atoms with Crippen LogP contribution in [-0.4, -0.2) is 31.0 Å². The van der Waals surface area contributed by atoms with Gasteiger partial charge in [0.25, 0.3) is 0 Å². The Balaban J connectivity index is 1.61. The zero-order valence-corrected chi connectivity index (χ0v) is 19.9. The molecule has 0 atom stereocenters. The molecule has 0 bridgehead atoms. The lowest BCUT2D eigenvalue weighted by molar-refractivity contribution is -0.113. The van der Waals surface area contributed by atoms with Crippen LogP contribution in [0.3, 0.4) is 0 Å². The first-order valence-electron chi connectivity index (χ1n) is 9.80. The molecule has 1 amide bonds. The molecule has 0 saturated heterocycles. The fourth-order valence-electron chi connectivity index (χ4n) is 3.11. The summed E-state index contributed by atoms with van der Waals surface area (Å²) in [5.41, 5.74) is 3.73. The van der Waals surface area contributed by atoms with Crippen molar-refractivity contribution < 1.29 is 14.3 Å². The molecule has 1 aromatic heterocycles. The Morgan fingerprint density at radius 1 is 1.03 bits per heavy atom. The number of rotatable bonds is 8. The molecule has 0 spiro atoms. The number of aromatic nitrogens is 1. The summed E-state index contributed by atoms with van der Waals surface area (Å²) in [6.45, 7) is 0. The van der Waals surface area contributed by atoms with Gasteiger partial charge in [0.1, 0.15) is 22.4 Å². The molecule has 0 aliphatic heterocycles. The molecular weight excluding hydrogens is 464 g/mol. The topological polar surface area (TPSA) is 60.5 Å². The summed E-state index contributed by atoms with van der Waals surface area (Å²) in [7, 11) is 3.30. The molecule has 32 heavy (non-hydrogen) atoms. The van der Waals surface area contributed by atoms with Gasteiger partial charge in [-0.15, -0.1) is 34.7 Å². The van der Waals surface area contributed by atoms with Crippen LogP contribution in [0.15, 0.2) is 65.6 Å². The lowest BCUT2D eigenvalue weighted by Crippen LogP contribution is -2.13. The van der Waals surface area contributed by atoms with Crippen LogP contribution in [0.1, 0.15) is 5.56 Å². The van der Waals surface area contributed by atoms with Gasteiger partial charge < -0.3 is 14.8 Å². The van der Waals surface area contributed by atoms with E-state index in [1.54, 1.807) is 37.3 Å². The zero-order valence-electron chi connectivity index (χ0n) is 17.6. The Bertz CT molecular complexity index is 1240. The largest absolute Gasteiger partial charge is 0.497 e. The lowest BCUT2D eigenvalue weighted by atomic mass is 10.2. The number of anilines is 1. The number of thiazole rings is 1. The van der Waals surface area contributed by atoms with Gasteiger partial charge in [0, 0.05) is 16.2 Å². The molecule has 0 saturated carbocycles. The number of hydrogen-bond donors (Lipinski definition) is 1. The van der Waals surface area contributed by atoms with Crippen LogP contribution in [0.4, 0.5) is 5.69 Å². The number of thioether (sulfide) groups is 1. The second-order valence-electron chi connectivity index (χ2n) is 6.88. The molecule has 0 fully saturated rings. The van der Waals surface area contributed by atoms with Crippen LogP contribution in [0.25, 0.3) is 20.8 Å². The van der Waals surface area contributed by atoms with E-state index in [0.29, 0.717) is 0 Å². The summed E-state index contributed by atoms with van der Waals surface area (Å²) in [5, 5.41) is 3.80. The first kappa shape index (κ1) is 22.5. The first-order chi connectivity index (χ1) is 15.6. The third-order valence-corrected chi connectivity index (χ3v) is 7.23. The maximum Gasteiger partial charge on any atom is 0.239 e. The first-order valence-corrected chi connectivity index (χ1v) is 12.1. The third kappa shape index (κ3) is 5.18. The van der Waals surface area contributed by atoms with Crippen molar-refractivity contribution >= 4 is 56.5 Å². The average molecular weight is 485 g/mol. The highest BCUT2D eigenvalue weighted by Gasteiger charge is 2.13. The minimum atomic E-state index is -0.246. The second kappa shape index (κ2) is 10.3. The highest BCUT2D eigenvalue weighted by Crippen LogP contribution is 2.37. The number of nitrogens with zero attached hydrogens (tertiary/aromatic N) is 1. The van der Waals surface area contributed by atoms with Crippen LogP contribution in [0.5, 0.6) is 11.5 Å². The minimum Gasteiger partial charge on any atom is -0.497 e. The van der Waals surface area contributed by atoms with Gasteiger partial charge in [-0.2, -0.15) is 0 Å². The van der Waals surface area contributed by atoms with Gasteiger partial charge >= 0.3 is 0 Å². The van der Waals surface area contributed by atoms with E-state index in [0.717, 1.165) is 54.2 Å². The fraction of sp³-hybridized carbons (Fsp3) is 0.167. The zero-order chi connectivity index (χ0) is 22.5. The van der Waals surface area contributed by atoms with Crippen molar-refractivity contribution in [2.45, 2.75) is 10.6 Å². The molecule has 1 heterocycles. The van der Waals surface area contributed by atoms with Gasteiger partial charge in [-0.3, -0.25) is 4.79 Å². The molecule has 5 nitrogen and oxygen atoms in total. The summed E-state index contributed by atoms with van der Waals surface area (Å²) < 4.78 is 11.6. The molecule has 0 unspecified atom stereocenters. The third-order valence-electron chi connectivity index (χ3n) is 4.77. The number of alkyl halides is 1. The summed E-state index contributed by atoms with van der Waals surface area (Å²) in [6, 6.07) is 19.8. The van der Waals surface area contributed by atoms with E-state index in [-0.39, 0.29) is 11.8 Å². The molecule has 0 radical (unpaired) electrons. The fourth-order valence-corrected chi connectivity index (χ4v) is 5.11. The van der Waals surface area contributed by atoms with Gasteiger partial charge in [-0.25, -0.2) is 4.98 Å². The molecule has 1 N–H and O–H groups in total. The molecule has 8 heteroatoms. The molecule has 3 aromatic carbocycles. The van der Waals surface area contributed by atoms with E-state index >= 15 is 0 Å². The van der Waals surface area contributed by atoms with Crippen LogP contribution < -0.4 is 14.8 Å². The van der Waals surface area contributed by atoms with Crippen molar-refractivity contribution in [3.05, 3.63) is 66.2 Å². The van der Waals surface area contributed by atoms with Gasteiger partial charge in [0.05, 0.1) is 30.1 Å². The van der Waals surface area contributed by atoms with E-state index in [1.807, 2.05) is 60.7 Å². The van der Waals surface area contributed by atoms with Crippen molar-refractivity contribution in [2.75, 3.05) is 25.4 Å². The minimum absolute atomic E-state index is 0.103. The smallest absolute Gasteiger partial charge is 0.239 e. The Kier molecular flexibility index (Phi) is 7.19. The number of carbonyl (C=O) groups excluding carboxylic acids is 1. The van der Waals surface area contributed by atoms with E-state index in [1.165, 1.54) is 0 Å². The predicted molar refractivity (Wildman–Crippen MR) is 134 cm³/mol. The Hall–Kier alpha value is -2.74. The Labute approximate surface area is 199 Å². The number of benzene rings is 3. The second-order valence-corrected chi connectivity index (χ2v) is 9.20. The van der Waals surface area contributed by atoms with E-state index in [9.17, 15) is 4.79 Å². The van der Waals surface area contributed by atoms with Crippen molar-refractivity contribution in [1.29, 1.82) is 0 Å². The number of methoxy groups -OCH3 is 2. The van der Waals surface area contributed by atoms with E-state index in [4.69, 9.17) is 26.1 Å². The number of carbonyl (C=O) groups is 1. The monoisotopic (exact) mass is 484 g/mol. The molecular formula is C24H21ClN2O3S2. The van der Waals surface area contributed by atoms with Gasteiger partial charge in [0.2, 0.25) is 5.91 Å². The number of nitrogens with one attached hydrogen (secondary N) is 1. The number of halogens is 1. The van der Waals surface area contributed by atoms with E-state index < -0.39 is 0 Å². The quantitative estimate of drug-likeness (QED) is 0.230. The van der Waals surface area contributed by atoms with Gasteiger partial charge in [-0.05, 0) is 48.0 Å². The van der Waals surface area contributed by atoms with Crippen molar-refractivity contribution in [2.24, 2.45) is 0 Å². The number of ether oxygens (including phenoxy) is 2. The lowest BCUT2D eigenvalue weighted by Gasteiger charge is -2.12. The van der Waals surface area contributed by atoms with Crippen molar-refractivity contribution in [3.63, 3.8) is 0 Å². The maximum atomic E-state index is 12.0. The van der Waals surface area contributed by atoms with Crippen LogP contribution in [0, 0.1) is 0 Å².